The van der Waals surface area contributed by atoms with Gasteiger partial charge in [-0.2, -0.15) is 0 Å². The zero-order valence-electron chi connectivity index (χ0n) is 15.8. The lowest BCUT2D eigenvalue weighted by Gasteiger charge is -2.13. The van der Waals surface area contributed by atoms with Gasteiger partial charge in [-0.15, -0.1) is 11.3 Å². The molecule has 3 rings (SSSR count). The number of ether oxygens (including phenoxy) is 2. The van der Waals surface area contributed by atoms with Gasteiger partial charge in [-0.25, -0.2) is 18.0 Å². The van der Waals surface area contributed by atoms with Crippen molar-refractivity contribution in [1.29, 1.82) is 0 Å². The number of rotatable bonds is 5. The maximum atomic E-state index is 12.6. The number of anilines is 1. The molecule has 0 bridgehead atoms. The highest BCUT2D eigenvalue weighted by molar-refractivity contribution is 7.90. The van der Waals surface area contributed by atoms with E-state index in [0.717, 1.165) is 11.3 Å². The molecule has 29 heavy (non-hydrogen) atoms. The summed E-state index contributed by atoms with van der Waals surface area (Å²) in [4.78, 5) is 37.2. The Kier molecular flexibility index (Phi) is 6.04. The molecular weight excluding hydrogens is 418 g/mol. The maximum Gasteiger partial charge on any atom is 0.341 e. The van der Waals surface area contributed by atoms with E-state index in [2.05, 4.69) is 10.1 Å². The van der Waals surface area contributed by atoms with E-state index >= 15 is 0 Å². The molecule has 0 saturated heterocycles. The lowest BCUT2D eigenvalue weighted by molar-refractivity contribution is 0.0525. The van der Waals surface area contributed by atoms with E-state index < -0.39 is 27.7 Å². The molecule has 1 aromatic heterocycles. The standard InChI is InChI=1S/C19H19NO7S2/c1-3-27-19(23)15-13-8-9-29(24,25)10-14(13)28-17(15)20-16(21)11-4-6-12(7-5-11)18(22)26-2/h4-7H,3,8-10H2,1-2H3,(H,20,21). The van der Waals surface area contributed by atoms with Gasteiger partial charge in [-0.3, -0.25) is 4.79 Å². The molecule has 1 aromatic carbocycles. The first-order valence-electron chi connectivity index (χ1n) is 8.77. The number of hydrogen-bond donors (Lipinski definition) is 1. The number of carbonyl (C=O) groups is 3. The minimum absolute atomic E-state index is 0.0501. The highest BCUT2D eigenvalue weighted by Crippen LogP contribution is 2.38. The fraction of sp³-hybridized carbons (Fsp3) is 0.316. The highest BCUT2D eigenvalue weighted by atomic mass is 32.2. The van der Waals surface area contributed by atoms with Crippen LogP contribution in [0.1, 0.15) is 48.4 Å². The smallest absolute Gasteiger partial charge is 0.341 e. The molecule has 0 aliphatic carbocycles. The van der Waals surface area contributed by atoms with Crippen LogP contribution < -0.4 is 5.32 Å². The quantitative estimate of drug-likeness (QED) is 0.714. The van der Waals surface area contributed by atoms with Crippen molar-refractivity contribution in [2.45, 2.75) is 19.1 Å². The zero-order valence-corrected chi connectivity index (χ0v) is 17.4. The second-order valence-corrected chi connectivity index (χ2v) is 9.58. The fourth-order valence-electron chi connectivity index (χ4n) is 2.98. The van der Waals surface area contributed by atoms with Crippen molar-refractivity contribution in [3.05, 3.63) is 51.4 Å². The van der Waals surface area contributed by atoms with Crippen LogP contribution >= 0.6 is 11.3 Å². The number of amides is 1. The average molecular weight is 437 g/mol. The Labute approximate surface area is 171 Å². The molecule has 154 valence electrons. The molecule has 0 unspecified atom stereocenters. The monoisotopic (exact) mass is 437 g/mol. The predicted molar refractivity (Wildman–Crippen MR) is 107 cm³/mol. The summed E-state index contributed by atoms with van der Waals surface area (Å²) < 4.78 is 33.6. The normalized spacial score (nSPS) is 14.6. The number of sulfone groups is 1. The number of methoxy groups -OCH3 is 1. The maximum absolute atomic E-state index is 12.6. The summed E-state index contributed by atoms with van der Waals surface area (Å²) in [6, 6.07) is 5.84. The summed E-state index contributed by atoms with van der Waals surface area (Å²) in [7, 11) is -1.97. The third-order valence-corrected chi connectivity index (χ3v) is 7.26. The molecule has 2 heterocycles. The number of esters is 2. The van der Waals surface area contributed by atoms with Crippen molar-refractivity contribution in [3.63, 3.8) is 0 Å². The van der Waals surface area contributed by atoms with Gasteiger partial charge in [-0.05, 0) is 43.2 Å². The molecule has 0 spiro atoms. The average Bonchev–Trinajstić information content (AvgIpc) is 3.03. The predicted octanol–water partition coefficient (Wildman–Crippen LogP) is 2.43. The van der Waals surface area contributed by atoms with E-state index in [9.17, 15) is 22.8 Å². The molecule has 0 fully saturated rings. The Morgan fingerprint density at radius 1 is 1.10 bits per heavy atom. The van der Waals surface area contributed by atoms with Crippen LogP contribution in [0.5, 0.6) is 0 Å². The van der Waals surface area contributed by atoms with E-state index in [1.165, 1.54) is 31.4 Å². The highest BCUT2D eigenvalue weighted by Gasteiger charge is 2.32. The third-order valence-electron chi connectivity index (χ3n) is 4.38. The minimum Gasteiger partial charge on any atom is -0.465 e. The first-order chi connectivity index (χ1) is 13.8. The third kappa shape index (κ3) is 4.48. The summed E-state index contributed by atoms with van der Waals surface area (Å²) in [5.74, 6) is -1.82. The van der Waals surface area contributed by atoms with Crippen LogP contribution in [0, 0.1) is 0 Å². The van der Waals surface area contributed by atoms with E-state index in [-0.39, 0.29) is 40.7 Å². The van der Waals surface area contributed by atoms with E-state index in [0.29, 0.717) is 16.0 Å². The van der Waals surface area contributed by atoms with E-state index in [1.54, 1.807) is 6.92 Å². The summed E-state index contributed by atoms with van der Waals surface area (Å²) in [6.07, 6.45) is 0.200. The number of nitrogens with one attached hydrogen (secondary N) is 1. The van der Waals surface area contributed by atoms with Crippen LogP contribution in [0.15, 0.2) is 24.3 Å². The first kappa shape index (κ1) is 21.0. The fourth-order valence-corrected chi connectivity index (χ4v) is 6.01. The van der Waals surface area contributed by atoms with Gasteiger partial charge in [0, 0.05) is 10.4 Å². The molecule has 1 amide bonds. The van der Waals surface area contributed by atoms with Crippen molar-refractivity contribution in [1.82, 2.24) is 0 Å². The van der Waals surface area contributed by atoms with Crippen molar-refractivity contribution < 1.29 is 32.3 Å². The molecule has 0 atom stereocenters. The Morgan fingerprint density at radius 2 is 1.76 bits per heavy atom. The van der Waals surface area contributed by atoms with Crippen molar-refractivity contribution in [2.75, 3.05) is 24.8 Å². The lowest BCUT2D eigenvalue weighted by Crippen LogP contribution is -2.20. The molecule has 8 nitrogen and oxygen atoms in total. The Morgan fingerprint density at radius 3 is 2.38 bits per heavy atom. The van der Waals surface area contributed by atoms with Gasteiger partial charge >= 0.3 is 11.9 Å². The van der Waals surface area contributed by atoms with Gasteiger partial charge in [0.25, 0.3) is 5.91 Å². The number of fused-ring (bicyclic) bond motifs is 1. The van der Waals surface area contributed by atoms with Gasteiger partial charge < -0.3 is 14.8 Å². The molecule has 2 aromatic rings. The number of carbonyl (C=O) groups excluding carboxylic acids is 3. The summed E-state index contributed by atoms with van der Waals surface area (Å²) in [5.41, 5.74) is 1.39. The van der Waals surface area contributed by atoms with E-state index in [4.69, 9.17) is 4.74 Å². The molecule has 0 radical (unpaired) electrons. The second-order valence-electron chi connectivity index (χ2n) is 6.29. The minimum atomic E-state index is -3.23. The number of thiophene rings is 1. The number of benzene rings is 1. The second kappa shape index (κ2) is 8.34. The topological polar surface area (TPSA) is 116 Å². The van der Waals surface area contributed by atoms with Crippen molar-refractivity contribution in [3.8, 4) is 0 Å². The van der Waals surface area contributed by atoms with Crippen LogP contribution in [0.25, 0.3) is 0 Å². The van der Waals surface area contributed by atoms with Gasteiger partial charge in [0.2, 0.25) is 0 Å². The van der Waals surface area contributed by atoms with Crippen LogP contribution in [0.4, 0.5) is 5.00 Å². The Balaban J connectivity index is 1.91. The summed E-state index contributed by atoms with van der Waals surface area (Å²) in [5, 5.41) is 2.94. The van der Waals surface area contributed by atoms with Gasteiger partial charge in [0.1, 0.15) is 5.00 Å². The van der Waals surface area contributed by atoms with Gasteiger partial charge in [-0.1, -0.05) is 0 Å². The van der Waals surface area contributed by atoms with Crippen LogP contribution in [-0.2, 0) is 31.5 Å². The molecule has 10 heteroatoms. The zero-order chi connectivity index (χ0) is 21.2. The SMILES string of the molecule is CCOC(=O)c1c(NC(=O)c2ccc(C(=O)OC)cc2)sc2c1CCS(=O)(=O)C2. The van der Waals surface area contributed by atoms with Crippen molar-refractivity contribution in [2.24, 2.45) is 0 Å². The van der Waals surface area contributed by atoms with Crippen LogP contribution in [0.2, 0.25) is 0 Å². The van der Waals surface area contributed by atoms with Crippen molar-refractivity contribution >= 4 is 44.0 Å². The van der Waals surface area contributed by atoms with Gasteiger partial charge in [0.15, 0.2) is 9.84 Å². The van der Waals surface area contributed by atoms with E-state index in [1.807, 2.05) is 0 Å². The molecular formula is C19H19NO7S2. The first-order valence-corrected chi connectivity index (χ1v) is 11.4. The lowest BCUT2D eigenvalue weighted by atomic mass is 10.1. The molecule has 1 N–H and O–H groups in total. The summed E-state index contributed by atoms with van der Waals surface area (Å²) >= 11 is 1.07. The largest absolute Gasteiger partial charge is 0.465 e. The Hall–Kier alpha value is -2.72. The Bertz CT molecular complexity index is 1070. The number of hydrogen-bond acceptors (Lipinski definition) is 8. The van der Waals surface area contributed by atoms with Crippen LogP contribution in [0.3, 0.4) is 0 Å². The van der Waals surface area contributed by atoms with Crippen LogP contribution in [-0.4, -0.2) is 45.7 Å². The molecule has 1 aliphatic heterocycles. The molecule has 0 saturated carbocycles. The summed E-state index contributed by atoms with van der Waals surface area (Å²) in [6.45, 7) is 1.83. The molecule has 1 aliphatic rings. The van der Waals surface area contributed by atoms with Gasteiger partial charge in [0.05, 0.1) is 36.3 Å².